The van der Waals surface area contributed by atoms with Gasteiger partial charge in [-0.1, -0.05) is 79.9 Å². The third-order valence-corrected chi connectivity index (χ3v) is 9.71. The van der Waals surface area contributed by atoms with Crippen LogP contribution in [0.15, 0.2) is 60.7 Å². The number of aliphatic carboxylic acids is 1. The number of carbonyl (C=O) groups excluding carboxylic acids is 1. The number of carboxylic acids is 1. The van der Waals surface area contributed by atoms with Gasteiger partial charge in [0.15, 0.2) is 0 Å². The van der Waals surface area contributed by atoms with Gasteiger partial charge in [-0.15, -0.1) is 0 Å². The molecule has 0 radical (unpaired) electrons. The fourth-order valence-corrected chi connectivity index (χ4v) is 7.58. The largest absolute Gasteiger partial charge is 0.480 e. The number of rotatable bonds is 10. The van der Waals surface area contributed by atoms with Gasteiger partial charge in [-0.3, -0.25) is 9.69 Å². The first-order valence-corrected chi connectivity index (χ1v) is 15.7. The van der Waals surface area contributed by atoms with Crippen LogP contribution < -0.4 is 0 Å². The van der Waals surface area contributed by atoms with Crippen molar-refractivity contribution in [3.63, 3.8) is 0 Å². The van der Waals surface area contributed by atoms with Gasteiger partial charge in [0.05, 0.1) is 0 Å². The van der Waals surface area contributed by atoms with Crippen LogP contribution in [0.2, 0.25) is 0 Å². The third kappa shape index (κ3) is 7.49. The molecular weight excluding hydrogens is 514 g/mol. The van der Waals surface area contributed by atoms with E-state index in [9.17, 15) is 14.7 Å². The standard InChI is InChI=1S/C34H47N3O4/c1-2-37(34(40)41-25-26-12-6-3-7-13-26)30-18-20-35(21-19-30)22-29-23-36(24-31(29)27-14-8-4-9-15-27)32(33(38)39)28-16-10-5-11-17-28/h3-4,6-9,12-15,28-32H,2,5,10-11,16-25H2,1H3,(H,38,39)/t29-,31+,32+/m0/s1. The molecule has 1 N–H and O–H groups in total. The highest BCUT2D eigenvalue weighted by atomic mass is 16.6. The van der Waals surface area contributed by atoms with Crippen molar-refractivity contribution in [1.29, 1.82) is 0 Å². The van der Waals surface area contributed by atoms with Crippen molar-refractivity contribution in [2.45, 2.75) is 76.5 Å². The molecule has 2 aliphatic heterocycles. The van der Waals surface area contributed by atoms with Crippen LogP contribution in [0, 0.1) is 11.8 Å². The summed E-state index contributed by atoms with van der Waals surface area (Å²) in [6, 6.07) is 20.3. The molecule has 2 saturated heterocycles. The molecule has 2 aromatic rings. The Morgan fingerprint density at radius 2 is 1.59 bits per heavy atom. The van der Waals surface area contributed by atoms with E-state index < -0.39 is 5.97 Å². The van der Waals surface area contributed by atoms with E-state index in [1.807, 2.05) is 42.2 Å². The van der Waals surface area contributed by atoms with Crippen LogP contribution in [0.4, 0.5) is 4.79 Å². The summed E-state index contributed by atoms with van der Waals surface area (Å²) in [7, 11) is 0. The van der Waals surface area contributed by atoms with Crippen LogP contribution >= 0.6 is 0 Å². The molecule has 7 nitrogen and oxygen atoms in total. The summed E-state index contributed by atoms with van der Waals surface area (Å²) in [5.74, 6) is 0.329. The quantitative estimate of drug-likeness (QED) is 0.392. The number of benzene rings is 2. The van der Waals surface area contributed by atoms with E-state index in [1.165, 1.54) is 12.0 Å². The van der Waals surface area contributed by atoms with Crippen molar-refractivity contribution >= 4 is 12.1 Å². The van der Waals surface area contributed by atoms with E-state index in [1.54, 1.807) is 0 Å². The van der Waals surface area contributed by atoms with Gasteiger partial charge in [-0.25, -0.2) is 4.79 Å². The molecule has 0 spiro atoms. The van der Waals surface area contributed by atoms with Crippen LogP contribution in [0.5, 0.6) is 0 Å². The summed E-state index contributed by atoms with van der Waals surface area (Å²) in [4.78, 5) is 32.2. The summed E-state index contributed by atoms with van der Waals surface area (Å²) >= 11 is 0. The van der Waals surface area contributed by atoms with Crippen molar-refractivity contribution in [1.82, 2.24) is 14.7 Å². The number of carboxylic acid groups (broad SMARTS) is 1. The monoisotopic (exact) mass is 561 g/mol. The zero-order chi connectivity index (χ0) is 28.6. The summed E-state index contributed by atoms with van der Waals surface area (Å²) in [6.07, 6.45) is 7.23. The Balaban J connectivity index is 1.20. The second-order valence-electron chi connectivity index (χ2n) is 12.3. The van der Waals surface area contributed by atoms with E-state index in [0.29, 0.717) is 25.0 Å². The summed E-state index contributed by atoms with van der Waals surface area (Å²) in [6.45, 7) is 7.46. The lowest BCUT2D eigenvalue weighted by molar-refractivity contribution is -0.145. The Morgan fingerprint density at radius 3 is 2.22 bits per heavy atom. The Kier molecular flexibility index (Phi) is 10.3. The Morgan fingerprint density at radius 1 is 0.927 bits per heavy atom. The minimum Gasteiger partial charge on any atom is -0.480 e. The fraction of sp³-hybridized carbons (Fsp3) is 0.588. The van der Waals surface area contributed by atoms with Crippen molar-refractivity contribution in [2.75, 3.05) is 39.3 Å². The maximum absolute atomic E-state index is 12.9. The molecule has 222 valence electrons. The van der Waals surface area contributed by atoms with Gasteiger partial charge in [0.1, 0.15) is 12.6 Å². The van der Waals surface area contributed by atoms with Gasteiger partial charge in [-0.05, 0) is 55.6 Å². The van der Waals surface area contributed by atoms with Gasteiger partial charge in [-0.2, -0.15) is 0 Å². The minimum atomic E-state index is -0.649. The number of hydrogen-bond donors (Lipinski definition) is 1. The average molecular weight is 562 g/mol. The molecular formula is C34H47N3O4. The highest BCUT2D eigenvalue weighted by Gasteiger charge is 2.43. The van der Waals surface area contributed by atoms with Crippen LogP contribution in [0.25, 0.3) is 0 Å². The number of ether oxygens (including phenoxy) is 1. The first-order chi connectivity index (χ1) is 20.0. The van der Waals surface area contributed by atoms with Gasteiger partial charge >= 0.3 is 12.1 Å². The highest BCUT2D eigenvalue weighted by Crippen LogP contribution is 2.38. The summed E-state index contributed by atoms with van der Waals surface area (Å²) in [5, 5.41) is 10.3. The Labute approximate surface area is 245 Å². The van der Waals surface area contributed by atoms with Crippen LogP contribution in [0.3, 0.4) is 0 Å². The molecule has 7 heteroatoms. The zero-order valence-electron chi connectivity index (χ0n) is 24.6. The first kappa shape index (κ1) is 29.6. The second kappa shape index (κ2) is 14.3. The van der Waals surface area contributed by atoms with E-state index in [0.717, 1.165) is 76.8 Å². The van der Waals surface area contributed by atoms with Crippen molar-refractivity contribution in [3.05, 3.63) is 71.8 Å². The molecule has 0 aromatic heterocycles. The second-order valence-corrected chi connectivity index (χ2v) is 12.3. The van der Waals surface area contributed by atoms with Crippen LogP contribution in [-0.2, 0) is 16.1 Å². The molecule has 3 aliphatic rings. The highest BCUT2D eigenvalue weighted by molar-refractivity contribution is 5.74. The molecule has 0 unspecified atom stereocenters. The number of amides is 1. The zero-order valence-corrected chi connectivity index (χ0v) is 24.6. The average Bonchev–Trinajstić information content (AvgIpc) is 3.41. The molecule has 1 aliphatic carbocycles. The molecule has 3 fully saturated rings. The number of likely N-dealkylation sites (tertiary alicyclic amines) is 2. The van der Waals surface area contributed by atoms with Gasteiger partial charge in [0.2, 0.25) is 0 Å². The normalized spacial score (nSPS) is 23.7. The Bertz CT molecular complexity index is 1100. The molecule has 2 heterocycles. The SMILES string of the molecule is CCN(C(=O)OCc1ccccc1)C1CCN(C[C@H]2CN([C@@H](C(=O)O)C3CCCCC3)C[C@@H]2c2ccccc2)CC1. The van der Waals surface area contributed by atoms with E-state index >= 15 is 0 Å². The number of nitrogens with zero attached hydrogens (tertiary/aromatic N) is 3. The van der Waals surface area contributed by atoms with Gasteiger partial charge in [0.25, 0.3) is 0 Å². The topological polar surface area (TPSA) is 73.3 Å². The fourth-order valence-electron chi connectivity index (χ4n) is 7.58. The molecule has 2 aromatic carbocycles. The molecule has 0 bridgehead atoms. The third-order valence-electron chi connectivity index (χ3n) is 9.71. The molecule has 1 amide bonds. The first-order valence-electron chi connectivity index (χ1n) is 15.7. The summed E-state index contributed by atoms with van der Waals surface area (Å²) in [5.41, 5.74) is 2.32. The van der Waals surface area contributed by atoms with Crippen LogP contribution in [-0.4, -0.2) is 83.2 Å². The lowest BCUT2D eigenvalue weighted by Gasteiger charge is -2.39. The van der Waals surface area contributed by atoms with E-state index in [2.05, 4.69) is 40.1 Å². The maximum Gasteiger partial charge on any atom is 0.410 e. The number of carbonyl (C=O) groups is 2. The predicted molar refractivity (Wildman–Crippen MR) is 161 cm³/mol. The van der Waals surface area contributed by atoms with Crippen molar-refractivity contribution < 1.29 is 19.4 Å². The lowest BCUT2D eigenvalue weighted by atomic mass is 9.83. The summed E-state index contributed by atoms with van der Waals surface area (Å²) < 4.78 is 5.66. The number of piperidine rings is 1. The van der Waals surface area contributed by atoms with Gasteiger partial charge < -0.3 is 19.6 Å². The van der Waals surface area contributed by atoms with Crippen molar-refractivity contribution in [3.8, 4) is 0 Å². The van der Waals surface area contributed by atoms with E-state index in [4.69, 9.17) is 4.74 Å². The molecule has 5 rings (SSSR count). The maximum atomic E-state index is 12.9. The van der Waals surface area contributed by atoms with Crippen LogP contribution in [0.1, 0.15) is 68.9 Å². The number of hydrogen-bond acceptors (Lipinski definition) is 5. The molecule has 1 saturated carbocycles. The lowest BCUT2D eigenvalue weighted by Crippen LogP contribution is -2.49. The smallest absolute Gasteiger partial charge is 0.410 e. The molecule has 3 atom stereocenters. The minimum absolute atomic E-state index is 0.187. The van der Waals surface area contributed by atoms with E-state index in [-0.39, 0.29) is 24.1 Å². The Hall–Kier alpha value is -2.90. The van der Waals surface area contributed by atoms with Gasteiger partial charge in [0, 0.05) is 51.2 Å². The predicted octanol–water partition coefficient (Wildman–Crippen LogP) is 5.86. The molecule has 41 heavy (non-hydrogen) atoms. The van der Waals surface area contributed by atoms with Crippen molar-refractivity contribution in [2.24, 2.45) is 11.8 Å².